The summed E-state index contributed by atoms with van der Waals surface area (Å²) < 4.78 is 0. The van der Waals surface area contributed by atoms with Crippen LogP contribution < -0.4 is 5.43 Å². The number of ketones is 1. The predicted octanol–water partition coefficient (Wildman–Crippen LogP) is 3.27. The predicted molar refractivity (Wildman–Crippen MR) is 92.1 cm³/mol. The van der Waals surface area contributed by atoms with Crippen LogP contribution >= 0.6 is 0 Å². The molecule has 1 aliphatic carbocycles. The monoisotopic (exact) mass is 320 g/mol. The summed E-state index contributed by atoms with van der Waals surface area (Å²) in [5, 5.41) is 14.2. The van der Waals surface area contributed by atoms with Crippen molar-refractivity contribution in [2.75, 3.05) is 0 Å². The zero-order valence-corrected chi connectivity index (χ0v) is 13.3. The van der Waals surface area contributed by atoms with Crippen molar-refractivity contribution in [3.05, 3.63) is 76.4 Å². The van der Waals surface area contributed by atoms with Crippen LogP contribution in [0.5, 0.6) is 0 Å². The number of allylic oxidation sites excluding steroid dienone is 1. The summed E-state index contributed by atoms with van der Waals surface area (Å²) in [5.41, 5.74) is 5.22. The number of rotatable bonds is 3. The molecule has 0 unspecified atom stereocenters. The third kappa shape index (κ3) is 2.72. The number of aliphatic hydroxyl groups is 1. The number of hydrogen-bond acceptors (Lipinski definition) is 4. The van der Waals surface area contributed by atoms with E-state index in [1.807, 2.05) is 19.1 Å². The second-order valence-corrected chi connectivity index (χ2v) is 5.60. The Kier molecular flexibility index (Phi) is 4.00. The molecule has 24 heavy (non-hydrogen) atoms. The molecule has 1 aliphatic rings. The van der Waals surface area contributed by atoms with Crippen LogP contribution in [0.25, 0.3) is 5.76 Å². The topological polar surface area (TPSA) is 78.8 Å². The Morgan fingerprint density at radius 1 is 1.04 bits per heavy atom. The highest BCUT2D eigenvalue weighted by molar-refractivity contribution is 6.35. The van der Waals surface area contributed by atoms with Crippen molar-refractivity contribution in [2.45, 2.75) is 13.8 Å². The lowest BCUT2D eigenvalue weighted by Crippen LogP contribution is -2.20. The fraction of sp³-hybridized carbons (Fsp3) is 0.105. The molecule has 1 amide bonds. The average Bonchev–Trinajstić information content (AvgIpc) is 2.85. The molecule has 5 heteroatoms. The molecule has 2 aromatic rings. The fourth-order valence-electron chi connectivity index (χ4n) is 2.56. The number of aryl methyl sites for hydroxylation is 1. The van der Waals surface area contributed by atoms with Crippen molar-refractivity contribution in [1.82, 2.24) is 5.43 Å². The van der Waals surface area contributed by atoms with Crippen LogP contribution in [0.3, 0.4) is 0 Å². The van der Waals surface area contributed by atoms with Gasteiger partial charge < -0.3 is 5.11 Å². The smallest absolute Gasteiger partial charge is 0.271 e. The number of hydrogen-bond donors (Lipinski definition) is 2. The van der Waals surface area contributed by atoms with Crippen molar-refractivity contribution in [3.8, 4) is 0 Å². The lowest BCUT2D eigenvalue weighted by molar-refractivity contribution is 0.0953. The number of Topliss-reactive ketones (excluding diaryl/α,β-unsaturated/α-hetero) is 1. The van der Waals surface area contributed by atoms with Crippen LogP contribution in [0.15, 0.2) is 59.2 Å². The zero-order chi connectivity index (χ0) is 17.3. The molecule has 3 rings (SSSR count). The zero-order valence-electron chi connectivity index (χ0n) is 13.3. The maximum absolute atomic E-state index is 12.4. The molecule has 0 spiro atoms. The number of amides is 1. The molecule has 0 saturated heterocycles. The molecule has 0 bridgehead atoms. The van der Waals surface area contributed by atoms with Gasteiger partial charge in [-0.3, -0.25) is 9.59 Å². The largest absolute Gasteiger partial charge is 0.506 e. The molecule has 2 aromatic carbocycles. The van der Waals surface area contributed by atoms with E-state index in [4.69, 9.17) is 0 Å². The SMILES string of the molecule is C/C(=N\NC(=O)c1ccc(C)cc1)C1=C(O)c2ccccc2C1=O. The van der Waals surface area contributed by atoms with E-state index in [1.165, 1.54) is 0 Å². The average molecular weight is 320 g/mol. The Morgan fingerprint density at radius 2 is 1.67 bits per heavy atom. The van der Waals surface area contributed by atoms with Crippen molar-refractivity contribution in [3.63, 3.8) is 0 Å². The lowest BCUT2D eigenvalue weighted by Gasteiger charge is -2.04. The Bertz CT molecular complexity index is 893. The number of hydrazone groups is 1. The minimum Gasteiger partial charge on any atom is -0.506 e. The molecule has 0 atom stereocenters. The van der Waals surface area contributed by atoms with Gasteiger partial charge in [0.15, 0.2) is 5.78 Å². The normalized spacial score (nSPS) is 13.9. The quantitative estimate of drug-likeness (QED) is 0.673. The molecular formula is C19H16N2O3. The molecule has 0 aromatic heterocycles. The van der Waals surface area contributed by atoms with E-state index in [0.29, 0.717) is 16.7 Å². The van der Waals surface area contributed by atoms with Crippen molar-refractivity contribution < 1.29 is 14.7 Å². The van der Waals surface area contributed by atoms with Crippen LogP contribution in [0, 0.1) is 6.92 Å². The summed E-state index contributed by atoms with van der Waals surface area (Å²) >= 11 is 0. The molecule has 0 heterocycles. The summed E-state index contributed by atoms with van der Waals surface area (Å²) in [6, 6.07) is 13.9. The second kappa shape index (κ2) is 6.12. The molecule has 5 nitrogen and oxygen atoms in total. The van der Waals surface area contributed by atoms with Crippen LogP contribution in [-0.2, 0) is 0 Å². The summed E-state index contributed by atoms with van der Waals surface area (Å²) in [6.45, 7) is 3.51. The van der Waals surface area contributed by atoms with Crippen LogP contribution in [0.2, 0.25) is 0 Å². The Balaban J connectivity index is 1.82. The highest BCUT2D eigenvalue weighted by Gasteiger charge is 2.31. The van der Waals surface area contributed by atoms with Gasteiger partial charge in [-0.25, -0.2) is 5.43 Å². The minimum atomic E-state index is -0.377. The van der Waals surface area contributed by atoms with E-state index in [9.17, 15) is 14.7 Å². The van der Waals surface area contributed by atoms with Gasteiger partial charge in [-0.05, 0) is 26.0 Å². The maximum atomic E-state index is 12.4. The highest BCUT2D eigenvalue weighted by atomic mass is 16.3. The van der Waals surface area contributed by atoms with Gasteiger partial charge in [0.05, 0.1) is 11.3 Å². The molecule has 120 valence electrons. The number of nitrogens with one attached hydrogen (secondary N) is 1. The van der Waals surface area contributed by atoms with Crippen molar-refractivity contribution >= 4 is 23.2 Å². The summed E-state index contributed by atoms with van der Waals surface area (Å²) in [7, 11) is 0. The molecule has 0 saturated carbocycles. The Hall–Kier alpha value is -3.21. The first-order chi connectivity index (χ1) is 11.5. The van der Waals surface area contributed by atoms with Crippen molar-refractivity contribution in [2.24, 2.45) is 5.10 Å². The fourth-order valence-corrected chi connectivity index (χ4v) is 2.56. The van der Waals surface area contributed by atoms with Gasteiger partial charge in [0.1, 0.15) is 5.76 Å². The minimum absolute atomic E-state index is 0.110. The third-order valence-electron chi connectivity index (χ3n) is 3.89. The summed E-state index contributed by atoms with van der Waals surface area (Å²) in [4.78, 5) is 24.5. The van der Waals surface area contributed by atoms with Crippen molar-refractivity contribution in [1.29, 1.82) is 0 Å². The van der Waals surface area contributed by atoms with E-state index in [2.05, 4.69) is 10.5 Å². The lowest BCUT2D eigenvalue weighted by atomic mass is 10.1. The van der Waals surface area contributed by atoms with E-state index in [1.54, 1.807) is 43.3 Å². The number of carbonyl (C=O) groups is 2. The van der Waals surface area contributed by atoms with Gasteiger partial charge in [0.2, 0.25) is 0 Å². The van der Waals surface area contributed by atoms with Gasteiger partial charge >= 0.3 is 0 Å². The number of carbonyl (C=O) groups excluding carboxylic acids is 2. The molecular weight excluding hydrogens is 304 g/mol. The summed E-state index contributed by atoms with van der Waals surface area (Å²) in [5.74, 6) is -0.784. The van der Waals surface area contributed by atoms with Crippen LogP contribution in [-0.4, -0.2) is 22.5 Å². The van der Waals surface area contributed by atoms with E-state index in [-0.39, 0.29) is 28.7 Å². The molecule has 0 fully saturated rings. The molecule has 0 aliphatic heterocycles. The first-order valence-corrected chi connectivity index (χ1v) is 7.48. The first kappa shape index (κ1) is 15.7. The number of nitrogens with zero attached hydrogens (tertiary/aromatic N) is 1. The van der Waals surface area contributed by atoms with Gasteiger partial charge in [0, 0.05) is 16.7 Å². The number of aliphatic hydroxyl groups excluding tert-OH is 1. The number of fused-ring (bicyclic) bond motifs is 1. The highest BCUT2D eigenvalue weighted by Crippen LogP contribution is 2.31. The maximum Gasteiger partial charge on any atom is 0.271 e. The van der Waals surface area contributed by atoms with E-state index >= 15 is 0 Å². The third-order valence-corrected chi connectivity index (χ3v) is 3.89. The first-order valence-electron chi connectivity index (χ1n) is 7.48. The van der Waals surface area contributed by atoms with Crippen LogP contribution in [0.4, 0.5) is 0 Å². The Morgan fingerprint density at radius 3 is 2.29 bits per heavy atom. The van der Waals surface area contributed by atoms with Gasteiger partial charge in [-0.1, -0.05) is 42.0 Å². The van der Waals surface area contributed by atoms with E-state index in [0.717, 1.165) is 5.56 Å². The van der Waals surface area contributed by atoms with Gasteiger partial charge in [-0.2, -0.15) is 5.10 Å². The van der Waals surface area contributed by atoms with Crippen LogP contribution in [0.1, 0.15) is 38.8 Å². The number of benzene rings is 2. The Labute approximate surface area is 139 Å². The molecule has 2 N–H and O–H groups in total. The molecule has 0 radical (unpaired) electrons. The standard InChI is InChI=1S/C19H16N2O3/c1-11-7-9-13(10-8-11)19(24)21-20-12(2)16-17(22)14-5-3-4-6-15(14)18(16)23/h3-10,22H,1-2H3,(H,21,24)/b20-12+. The van der Waals surface area contributed by atoms with Gasteiger partial charge in [0.25, 0.3) is 5.91 Å². The van der Waals surface area contributed by atoms with Gasteiger partial charge in [-0.15, -0.1) is 0 Å². The summed E-state index contributed by atoms with van der Waals surface area (Å²) in [6.07, 6.45) is 0. The second-order valence-electron chi connectivity index (χ2n) is 5.60. The van der Waals surface area contributed by atoms with E-state index < -0.39 is 0 Å².